The van der Waals surface area contributed by atoms with Crippen LogP contribution in [0, 0.1) is 5.82 Å². The Morgan fingerprint density at radius 1 is 1.14 bits per heavy atom. The van der Waals surface area contributed by atoms with E-state index in [2.05, 4.69) is 5.32 Å². The molecule has 0 saturated carbocycles. The van der Waals surface area contributed by atoms with Crippen LogP contribution in [0.25, 0.3) is 0 Å². The zero-order chi connectivity index (χ0) is 15.6. The van der Waals surface area contributed by atoms with Crippen molar-refractivity contribution in [2.75, 3.05) is 12.4 Å². The Morgan fingerprint density at radius 2 is 1.76 bits per heavy atom. The van der Waals surface area contributed by atoms with E-state index in [1.807, 2.05) is 0 Å². The second-order valence-electron chi connectivity index (χ2n) is 4.47. The van der Waals surface area contributed by atoms with Crippen molar-refractivity contribution < 1.29 is 9.13 Å². The Morgan fingerprint density at radius 3 is 2.33 bits per heavy atom. The van der Waals surface area contributed by atoms with Crippen molar-refractivity contribution in [1.82, 2.24) is 0 Å². The molecule has 6 heteroatoms. The second kappa shape index (κ2) is 6.73. The van der Waals surface area contributed by atoms with E-state index < -0.39 is 6.04 Å². The van der Waals surface area contributed by atoms with Crippen LogP contribution in [0.3, 0.4) is 0 Å². The number of halogens is 4. The van der Waals surface area contributed by atoms with Gasteiger partial charge in [0.2, 0.25) is 0 Å². The first-order valence-corrected chi connectivity index (χ1v) is 7.31. The van der Waals surface area contributed by atoms with E-state index in [4.69, 9.17) is 39.5 Å². The summed E-state index contributed by atoms with van der Waals surface area (Å²) < 4.78 is 19.2. The van der Waals surface area contributed by atoms with Crippen LogP contribution in [0.15, 0.2) is 30.3 Å². The molecule has 0 heterocycles. The number of benzene rings is 2. The molecule has 0 saturated heterocycles. The number of hydrogen-bond acceptors (Lipinski definition) is 2. The van der Waals surface area contributed by atoms with Crippen LogP contribution in [-0.2, 0) is 0 Å². The highest BCUT2D eigenvalue weighted by atomic mass is 35.5. The minimum absolute atomic E-state index is 0.365. The second-order valence-corrected chi connectivity index (χ2v) is 5.72. The number of nitrogens with one attached hydrogen (secondary N) is 1. The van der Waals surface area contributed by atoms with E-state index in [0.717, 1.165) is 0 Å². The van der Waals surface area contributed by atoms with E-state index >= 15 is 0 Å². The third kappa shape index (κ3) is 3.54. The van der Waals surface area contributed by atoms with Crippen molar-refractivity contribution in [3.8, 4) is 5.75 Å². The Kier molecular flexibility index (Phi) is 5.20. The van der Waals surface area contributed by atoms with Gasteiger partial charge in [-0.25, -0.2) is 4.39 Å². The quantitative estimate of drug-likeness (QED) is 0.735. The first kappa shape index (κ1) is 16.2. The van der Waals surface area contributed by atoms with Gasteiger partial charge in [-0.1, -0.05) is 40.9 Å². The van der Waals surface area contributed by atoms with Gasteiger partial charge in [-0.3, -0.25) is 0 Å². The summed E-state index contributed by atoms with van der Waals surface area (Å²) in [4.78, 5) is 0. The highest BCUT2D eigenvalue weighted by Gasteiger charge is 2.18. The van der Waals surface area contributed by atoms with Gasteiger partial charge in [0, 0.05) is 5.02 Å². The molecule has 0 aliphatic rings. The highest BCUT2D eigenvalue weighted by molar-refractivity contribution is 6.41. The molecule has 1 atom stereocenters. The fourth-order valence-electron chi connectivity index (χ4n) is 2.08. The maximum Gasteiger partial charge on any atom is 0.132 e. The van der Waals surface area contributed by atoms with Crippen LogP contribution >= 0.6 is 34.8 Å². The SMILES string of the molecule is COc1cccc(F)c1C(C)Nc1c(Cl)cc(Cl)cc1Cl. The van der Waals surface area contributed by atoms with Gasteiger partial charge >= 0.3 is 0 Å². The van der Waals surface area contributed by atoms with Crippen LogP contribution < -0.4 is 10.1 Å². The van der Waals surface area contributed by atoms with Crippen LogP contribution in [0.1, 0.15) is 18.5 Å². The summed E-state index contributed by atoms with van der Waals surface area (Å²) in [6.07, 6.45) is 0. The summed E-state index contributed by atoms with van der Waals surface area (Å²) in [6.45, 7) is 1.79. The molecule has 1 N–H and O–H groups in total. The maximum absolute atomic E-state index is 14.0. The smallest absolute Gasteiger partial charge is 0.132 e. The molecule has 0 amide bonds. The maximum atomic E-state index is 14.0. The molecule has 0 aliphatic carbocycles. The third-order valence-corrected chi connectivity index (χ3v) is 3.85. The zero-order valence-electron chi connectivity index (χ0n) is 11.4. The lowest BCUT2D eigenvalue weighted by atomic mass is 10.1. The summed E-state index contributed by atoms with van der Waals surface area (Å²) >= 11 is 18.1. The Hall–Kier alpha value is -1.16. The molecule has 1 unspecified atom stereocenters. The highest BCUT2D eigenvalue weighted by Crippen LogP contribution is 2.37. The normalized spacial score (nSPS) is 12.1. The summed E-state index contributed by atoms with van der Waals surface area (Å²) in [7, 11) is 1.49. The first-order chi connectivity index (χ1) is 9.93. The van der Waals surface area contributed by atoms with Gasteiger partial charge in [0.1, 0.15) is 11.6 Å². The van der Waals surface area contributed by atoms with Gasteiger partial charge in [0.05, 0.1) is 34.4 Å². The van der Waals surface area contributed by atoms with Crippen LogP contribution in [-0.4, -0.2) is 7.11 Å². The fourth-order valence-corrected chi connectivity index (χ4v) is 3.01. The van der Waals surface area contributed by atoms with Crippen molar-refractivity contribution in [3.63, 3.8) is 0 Å². The van der Waals surface area contributed by atoms with Crippen molar-refractivity contribution >= 4 is 40.5 Å². The molecule has 21 heavy (non-hydrogen) atoms. The number of rotatable bonds is 4. The molecular formula is C15H13Cl3FNO. The number of anilines is 1. The predicted octanol–water partition coefficient (Wildman–Crippen LogP) is 5.97. The Balaban J connectivity index is 2.37. The molecule has 2 nitrogen and oxygen atoms in total. The molecule has 0 spiro atoms. The molecule has 0 fully saturated rings. The summed E-state index contributed by atoms with van der Waals surface area (Å²) in [5, 5.41) is 4.27. The third-order valence-electron chi connectivity index (χ3n) is 3.03. The van der Waals surface area contributed by atoms with Crippen LogP contribution in [0.4, 0.5) is 10.1 Å². The summed E-state index contributed by atoms with van der Waals surface area (Å²) in [5.74, 6) is 0.0896. The van der Waals surface area contributed by atoms with Gasteiger partial charge in [-0.2, -0.15) is 0 Å². The minimum atomic E-state index is -0.391. The first-order valence-electron chi connectivity index (χ1n) is 6.17. The van der Waals surface area contributed by atoms with Crippen molar-refractivity contribution in [2.24, 2.45) is 0 Å². The topological polar surface area (TPSA) is 21.3 Å². The largest absolute Gasteiger partial charge is 0.496 e. The molecular weight excluding hydrogens is 336 g/mol. The van der Waals surface area contributed by atoms with Gasteiger partial charge in [0.15, 0.2) is 0 Å². The summed E-state index contributed by atoms with van der Waals surface area (Å²) in [6, 6.07) is 7.41. The molecule has 0 aromatic heterocycles. The van der Waals surface area contributed by atoms with Crippen molar-refractivity contribution in [3.05, 3.63) is 56.8 Å². The zero-order valence-corrected chi connectivity index (χ0v) is 13.7. The Bertz CT molecular complexity index is 640. The number of ether oxygens (including phenoxy) is 1. The standard InChI is InChI=1S/C15H13Cl3FNO/c1-8(14-12(19)4-3-5-13(14)21-2)20-15-10(17)6-9(16)7-11(15)18/h3-8,20H,1-2H3. The van der Waals surface area contributed by atoms with Crippen LogP contribution in [0.5, 0.6) is 5.75 Å². The van der Waals surface area contributed by atoms with Crippen LogP contribution in [0.2, 0.25) is 15.1 Å². The minimum Gasteiger partial charge on any atom is -0.496 e. The fraction of sp³-hybridized carbons (Fsp3) is 0.200. The molecule has 0 radical (unpaired) electrons. The van der Waals surface area contributed by atoms with Gasteiger partial charge in [-0.05, 0) is 31.2 Å². The van der Waals surface area contributed by atoms with E-state index in [0.29, 0.717) is 32.1 Å². The van der Waals surface area contributed by atoms with E-state index in [1.165, 1.54) is 13.2 Å². The average molecular weight is 349 g/mol. The molecule has 2 rings (SSSR count). The monoisotopic (exact) mass is 347 g/mol. The van der Waals surface area contributed by atoms with E-state index in [1.54, 1.807) is 31.2 Å². The molecule has 0 aliphatic heterocycles. The molecule has 2 aromatic rings. The van der Waals surface area contributed by atoms with Gasteiger partial charge in [0.25, 0.3) is 0 Å². The lowest BCUT2D eigenvalue weighted by molar-refractivity contribution is 0.402. The number of hydrogen-bond donors (Lipinski definition) is 1. The Labute approximate surface area is 137 Å². The van der Waals surface area contributed by atoms with E-state index in [-0.39, 0.29) is 5.82 Å². The van der Waals surface area contributed by atoms with Gasteiger partial charge < -0.3 is 10.1 Å². The lowest BCUT2D eigenvalue weighted by Crippen LogP contribution is -2.11. The molecule has 2 aromatic carbocycles. The predicted molar refractivity (Wildman–Crippen MR) is 86.5 cm³/mol. The van der Waals surface area contributed by atoms with E-state index in [9.17, 15) is 4.39 Å². The van der Waals surface area contributed by atoms with Crippen molar-refractivity contribution in [2.45, 2.75) is 13.0 Å². The molecule has 112 valence electrons. The molecule has 0 bridgehead atoms. The summed E-state index contributed by atoms with van der Waals surface area (Å²) in [5.41, 5.74) is 0.905. The number of methoxy groups -OCH3 is 1. The van der Waals surface area contributed by atoms with Gasteiger partial charge in [-0.15, -0.1) is 0 Å². The average Bonchev–Trinajstić information content (AvgIpc) is 2.42. The lowest BCUT2D eigenvalue weighted by Gasteiger charge is -2.20. The van der Waals surface area contributed by atoms with Crippen molar-refractivity contribution in [1.29, 1.82) is 0 Å².